The summed E-state index contributed by atoms with van der Waals surface area (Å²) < 4.78 is 0.407. The molecule has 0 atom stereocenters. The molecule has 0 saturated heterocycles. The van der Waals surface area contributed by atoms with Gasteiger partial charge in [-0.05, 0) is 22.6 Å². The third-order valence-corrected chi connectivity index (χ3v) is 0.898. The van der Waals surface area contributed by atoms with Gasteiger partial charge < -0.3 is 5.11 Å². The molecule has 0 amide bonds. The molecule has 0 aromatic carbocycles. The zero-order valence-corrected chi connectivity index (χ0v) is 5.85. The highest BCUT2D eigenvalue weighted by atomic mass is 79.9. The molecule has 0 bridgehead atoms. The van der Waals surface area contributed by atoms with Crippen LogP contribution >= 0.6 is 15.9 Å². The van der Waals surface area contributed by atoms with Crippen molar-refractivity contribution in [3.8, 4) is 0 Å². The molecule has 1 N–H and O–H groups in total. The first kappa shape index (κ1) is 7.43. The minimum atomic E-state index is 0.000000000000000222. The van der Waals surface area contributed by atoms with E-state index in [1.807, 2.05) is 0 Å². The van der Waals surface area contributed by atoms with Crippen molar-refractivity contribution in [3.05, 3.63) is 23.0 Å². The molecule has 0 aliphatic heterocycles. The van der Waals surface area contributed by atoms with Crippen LogP contribution < -0.4 is 0 Å². The Labute approximate surface area is 56.4 Å². The van der Waals surface area contributed by atoms with Crippen LogP contribution in [0.5, 0.6) is 0 Å². The van der Waals surface area contributed by atoms with E-state index in [0.717, 1.165) is 0 Å². The van der Waals surface area contributed by atoms with Gasteiger partial charge in [-0.1, -0.05) is 6.58 Å². The second-order valence-electron chi connectivity index (χ2n) is 1.10. The predicted octanol–water partition coefficient (Wildman–Crippen LogP) is 2.00. The highest BCUT2D eigenvalue weighted by Gasteiger charge is 1.89. The van der Waals surface area contributed by atoms with E-state index in [4.69, 9.17) is 5.11 Å². The Morgan fingerprint density at radius 3 is 2.38 bits per heavy atom. The number of allylic oxidation sites excluding steroid dienone is 1. The third-order valence-electron chi connectivity index (χ3n) is 0.492. The number of nitrogens with zero attached hydrogens (tertiary/aromatic N) is 1. The molecule has 0 spiro atoms. The summed E-state index contributed by atoms with van der Waals surface area (Å²) in [6, 6.07) is 0. The molecule has 8 heavy (non-hydrogen) atoms. The number of halogens is 1. The monoisotopic (exact) mass is 175 g/mol. The first-order valence-corrected chi connectivity index (χ1v) is 2.67. The zero-order valence-electron chi connectivity index (χ0n) is 4.26. The van der Waals surface area contributed by atoms with Crippen LogP contribution in [0, 0.1) is 0 Å². The molecule has 0 aliphatic rings. The third kappa shape index (κ3) is 2.58. The van der Waals surface area contributed by atoms with E-state index in [0.29, 0.717) is 4.48 Å². The van der Waals surface area contributed by atoms with E-state index >= 15 is 0 Å². The Balaban J connectivity index is 3.99. The lowest BCUT2D eigenvalue weighted by atomic mass is 10.5. The van der Waals surface area contributed by atoms with Crippen molar-refractivity contribution >= 4 is 22.6 Å². The van der Waals surface area contributed by atoms with Crippen LogP contribution in [-0.4, -0.2) is 11.8 Å². The Hall–Kier alpha value is -0.570. The van der Waals surface area contributed by atoms with Crippen molar-refractivity contribution in [3.63, 3.8) is 0 Å². The fraction of sp³-hybridized carbons (Fsp3) is 0. The van der Waals surface area contributed by atoms with Crippen LogP contribution in [0.15, 0.2) is 28.0 Å². The van der Waals surface area contributed by atoms with E-state index in [1.54, 1.807) is 0 Å². The zero-order chi connectivity index (χ0) is 6.57. The molecule has 0 aromatic rings. The maximum atomic E-state index is 8.71. The van der Waals surface area contributed by atoms with Crippen molar-refractivity contribution in [1.82, 2.24) is 0 Å². The molecule has 0 rings (SSSR count). The van der Waals surface area contributed by atoms with Crippen LogP contribution in [0.2, 0.25) is 0 Å². The van der Waals surface area contributed by atoms with Crippen LogP contribution in [-0.2, 0) is 0 Å². The summed E-state index contributed by atoms with van der Waals surface area (Å²) in [6.45, 7) is 6.52. The van der Waals surface area contributed by atoms with E-state index in [1.165, 1.54) is 6.20 Å². The minimum absolute atomic E-state index is 0.000000000000000222. The number of hydrogen-bond acceptors (Lipinski definition) is 2. The standard InChI is InChI=1S/C5H6BrNO/c1-4(6)5(8)3-7-2/h3,8H,1-2H2/b5-3+. The average Bonchev–Trinajstić information content (AvgIpc) is 1.67. The summed E-state index contributed by atoms with van der Waals surface area (Å²) in [6.07, 6.45) is 1.21. The second-order valence-corrected chi connectivity index (χ2v) is 2.06. The quantitative estimate of drug-likeness (QED) is 0.389. The van der Waals surface area contributed by atoms with Crippen molar-refractivity contribution in [1.29, 1.82) is 0 Å². The maximum absolute atomic E-state index is 8.71. The fourth-order valence-corrected chi connectivity index (χ4v) is 0.259. The summed E-state index contributed by atoms with van der Waals surface area (Å²) in [4.78, 5) is 3.30. The van der Waals surface area contributed by atoms with Crippen molar-refractivity contribution in [2.24, 2.45) is 4.99 Å². The van der Waals surface area contributed by atoms with Gasteiger partial charge in [0.05, 0.1) is 10.7 Å². The summed E-state index contributed by atoms with van der Waals surface area (Å²) in [5, 5.41) is 8.71. The Kier molecular flexibility index (Phi) is 3.19. The molecule has 0 aliphatic carbocycles. The van der Waals surface area contributed by atoms with Gasteiger partial charge in [-0.2, -0.15) is 0 Å². The summed E-state index contributed by atoms with van der Waals surface area (Å²) >= 11 is 2.94. The normalized spacial score (nSPS) is 10.9. The smallest absolute Gasteiger partial charge is 0.147 e. The van der Waals surface area contributed by atoms with Crippen LogP contribution in [0.3, 0.4) is 0 Å². The lowest BCUT2D eigenvalue weighted by molar-refractivity contribution is 0.429. The predicted molar refractivity (Wildman–Crippen MR) is 38.3 cm³/mol. The molecular weight excluding hydrogens is 170 g/mol. The minimum Gasteiger partial charge on any atom is -0.505 e. The SMILES string of the molecule is C=N/C=C(/O)C(=C)Br. The van der Waals surface area contributed by atoms with Crippen LogP contribution in [0.25, 0.3) is 0 Å². The fourth-order valence-electron chi connectivity index (χ4n) is 0.157. The molecule has 44 valence electrons. The van der Waals surface area contributed by atoms with Gasteiger partial charge in [0.15, 0.2) is 0 Å². The molecule has 2 nitrogen and oxygen atoms in total. The van der Waals surface area contributed by atoms with Gasteiger partial charge in [0.25, 0.3) is 0 Å². The number of rotatable bonds is 2. The molecule has 0 fully saturated rings. The summed E-state index contributed by atoms with van der Waals surface area (Å²) in [7, 11) is 0. The molecule has 0 aromatic heterocycles. The van der Waals surface area contributed by atoms with E-state index in [9.17, 15) is 0 Å². The van der Waals surface area contributed by atoms with Crippen molar-refractivity contribution < 1.29 is 5.11 Å². The van der Waals surface area contributed by atoms with Gasteiger partial charge in [-0.15, -0.1) is 0 Å². The van der Waals surface area contributed by atoms with E-state index in [2.05, 4.69) is 34.2 Å². The van der Waals surface area contributed by atoms with Gasteiger partial charge >= 0.3 is 0 Å². The van der Waals surface area contributed by atoms with Gasteiger partial charge in [0, 0.05) is 0 Å². The summed E-state index contributed by atoms with van der Waals surface area (Å²) in [5.41, 5.74) is 0. The van der Waals surface area contributed by atoms with Crippen LogP contribution in [0.4, 0.5) is 0 Å². The van der Waals surface area contributed by atoms with E-state index < -0.39 is 0 Å². The van der Waals surface area contributed by atoms with Crippen molar-refractivity contribution in [2.75, 3.05) is 0 Å². The van der Waals surface area contributed by atoms with Gasteiger partial charge in [-0.3, -0.25) is 4.99 Å². The van der Waals surface area contributed by atoms with Crippen LogP contribution in [0.1, 0.15) is 0 Å². The molecule has 0 saturated carbocycles. The lowest BCUT2D eigenvalue weighted by Crippen LogP contribution is -1.74. The largest absolute Gasteiger partial charge is 0.505 e. The topological polar surface area (TPSA) is 32.6 Å². The number of aliphatic hydroxyl groups is 1. The average molecular weight is 176 g/mol. The molecular formula is C5H6BrNO. The first-order chi connectivity index (χ1) is 3.68. The molecule has 0 unspecified atom stereocenters. The highest BCUT2D eigenvalue weighted by molar-refractivity contribution is 9.11. The Morgan fingerprint density at radius 1 is 1.75 bits per heavy atom. The number of hydrogen-bond donors (Lipinski definition) is 1. The van der Waals surface area contributed by atoms with Gasteiger partial charge in [-0.25, -0.2) is 0 Å². The van der Waals surface area contributed by atoms with Gasteiger partial charge in [0.1, 0.15) is 5.76 Å². The highest BCUT2D eigenvalue weighted by Crippen LogP contribution is 2.09. The first-order valence-electron chi connectivity index (χ1n) is 1.88. The Bertz CT molecular complexity index is 139. The number of aliphatic imine (C=N–C) groups is 1. The maximum Gasteiger partial charge on any atom is 0.147 e. The van der Waals surface area contributed by atoms with E-state index in [-0.39, 0.29) is 5.76 Å². The lowest BCUT2D eigenvalue weighted by Gasteiger charge is -1.88. The molecule has 0 radical (unpaired) electrons. The second kappa shape index (κ2) is 3.43. The number of aliphatic hydroxyl groups excluding tert-OH is 1. The Morgan fingerprint density at radius 2 is 2.25 bits per heavy atom. The summed E-state index contributed by atoms with van der Waals surface area (Å²) in [5.74, 6) is 0.000000000000000222. The molecule has 0 heterocycles. The molecule has 3 heteroatoms. The van der Waals surface area contributed by atoms with Gasteiger partial charge in [0.2, 0.25) is 0 Å². The van der Waals surface area contributed by atoms with Crippen molar-refractivity contribution in [2.45, 2.75) is 0 Å².